The van der Waals surface area contributed by atoms with Gasteiger partial charge in [-0.15, -0.1) is 10.2 Å². The molecule has 2 heterocycles. The molecule has 5 nitrogen and oxygen atoms in total. The fourth-order valence-electron chi connectivity index (χ4n) is 1.86. The van der Waals surface area contributed by atoms with Gasteiger partial charge in [0.15, 0.2) is 11.5 Å². The number of hydrogen-bond acceptors (Lipinski definition) is 4. The molecule has 0 saturated heterocycles. The molecule has 3 aromatic rings. The molecule has 0 bridgehead atoms. The number of halogens is 1. The molecule has 0 fully saturated rings. The van der Waals surface area contributed by atoms with Crippen molar-refractivity contribution in [2.45, 2.75) is 13.0 Å². The molecule has 3 rings (SSSR count). The molecule has 0 aliphatic heterocycles. The van der Waals surface area contributed by atoms with E-state index in [2.05, 4.69) is 31.2 Å². The minimum absolute atomic E-state index is 0.206. The van der Waals surface area contributed by atoms with E-state index in [1.807, 2.05) is 43.3 Å². The number of hydrogen-bond donors (Lipinski definition) is 1. The van der Waals surface area contributed by atoms with Gasteiger partial charge in [0.2, 0.25) is 0 Å². The molecular formula is C13H12BrN5. The fourth-order valence-corrected chi connectivity index (χ4v) is 2.13. The summed E-state index contributed by atoms with van der Waals surface area (Å²) in [4.78, 5) is 0. The second kappa shape index (κ2) is 4.71. The first-order valence-electron chi connectivity index (χ1n) is 5.89. The summed E-state index contributed by atoms with van der Waals surface area (Å²) in [6.45, 7) is 1.87. The Morgan fingerprint density at radius 2 is 1.84 bits per heavy atom. The summed E-state index contributed by atoms with van der Waals surface area (Å²) >= 11 is 3.42. The Kier molecular flexibility index (Phi) is 3.04. The van der Waals surface area contributed by atoms with E-state index in [9.17, 15) is 0 Å². The molecule has 0 unspecified atom stereocenters. The molecule has 0 aliphatic rings. The van der Waals surface area contributed by atoms with Crippen molar-refractivity contribution in [3.8, 4) is 11.3 Å². The molecule has 96 valence electrons. The van der Waals surface area contributed by atoms with E-state index in [-0.39, 0.29) is 6.04 Å². The first kappa shape index (κ1) is 12.3. The maximum atomic E-state index is 5.86. The second-order valence-corrected chi connectivity index (χ2v) is 5.26. The molecule has 0 radical (unpaired) electrons. The zero-order valence-corrected chi connectivity index (χ0v) is 11.9. The molecular weight excluding hydrogens is 306 g/mol. The number of fused-ring (bicyclic) bond motifs is 1. The van der Waals surface area contributed by atoms with Gasteiger partial charge in [0.1, 0.15) is 0 Å². The van der Waals surface area contributed by atoms with Crippen molar-refractivity contribution in [2.75, 3.05) is 0 Å². The van der Waals surface area contributed by atoms with Gasteiger partial charge in [-0.1, -0.05) is 28.1 Å². The van der Waals surface area contributed by atoms with Gasteiger partial charge >= 0.3 is 0 Å². The third-order valence-corrected chi connectivity index (χ3v) is 3.36. The molecule has 0 aliphatic carbocycles. The molecule has 0 saturated carbocycles. The van der Waals surface area contributed by atoms with Crippen LogP contribution in [0.2, 0.25) is 0 Å². The van der Waals surface area contributed by atoms with Crippen LogP contribution in [-0.2, 0) is 0 Å². The molecule has 1 aromatic carbocycles. The zero-order chi connectivity index (χ0) is 13.4. The number of rotatable bonds is 2. The lowest BCUT2D eigenvalue weighted by Gasteiger charge is -2.05. The summed E-state index contributed by atoms with van der Waals surface area (Å²) in [7, 11) is 0. The van der Waals surface area contributed by atoms with E-state index >= 15 is 0 Å². The Labute approximate surface area is 118 Å². The first-order chi connectivity index (χ1) is 9.15. The van der Waals surface area contributed by atoms with Gasteiger partial charge in [-0.25, -0.2) is 0 Å². The van der Waals surface area contributed by atoms with Crippen molar-refractivity contribution in [3.05, 3.63) is 46.7 Å². The number of nitrogens with two attached hydrogens (primary N) is 1. The van der Waals surface area contributed by atoms with Crippen LogP contribution in [0, 0.1) is 0 Å². The summed E-state index contributed by atoms with van der Waals surface area (Å²) in [5.41, 5.74) is 8.46. The Morgan fingerprint density at radius 1 is 1.11 bits per heavy atom. The van der Waals surface area contributed by atoms with E-state index < -0.39 is 0 Å². The summed E-state index contributed by atoms with van der Waals surface area (Å²) in [6.07, 6.45) is 0. The molecule has 19 heavy (non-hydrogen) atoms. The Hall–Kier alpha value is -1.79. The Morgan fingerprint density at radius 3 is 2.53 bits per heavy atom. The second-order valence-electron chi connectivity index (χ2n) is 4.34. The van der Waals surface area contributed by atoms with E-state index in [0.29, 0.717) is 11.5 Å². The standard InChI is InChI=1S/C13H12BrN5/c1-8(15)13-17-16-12-7-6-11(18-19(12)13)9-2-4-10(14)5-3-9/h2-8H,15H2,1H3/t8-/m1/s1. The number of benzene rings is 1. The highest BCUT2D eigenvalue weighted by atomic mass is 79.9. The predicted molar refractivity (Wildman–Crippen MR) is 76.5 cm³/mol. The summed E-state index contributed by atoms with van der Waals surface area (Å²) in [5.74, 6) is 0.661. The van der Waals surface area contributed by atoms with Crippen molar-refractivity contribution in [2.24, 2.45) is 5.73 Å². The number of aromatic nitrogens is 4. The average Bonchev–Trinajstić information content (AvgIpc) is 2.82. The van der Waals surface area contributed by atoms with Crippen molar-refractivity contribution in [1.29, 1.82) is 0 Å². The summed E-state index contributed by atoms with van der Waals surface area (Å²) in [5, 5.41) is 12.7. The normalized spacial score (nSPS) is 12.8. The van der Waals surface area contributed by atoms with Crippen LogP contribution >= 0.6 is 15.9 Å². The van der Waals surface area contributed by atoms with Crippen molar-refractivity contribution >= 4 is 21.6 Å². The van der Waals surface area contributed by atoms with Gasteiger partial charge in [0.25, 0.3) is 0 Å². The molecule has 6 heteroatoms. The third kappa shape index (κ3) is 2.24. The lowest BCUT2D eigenvalue weighted by Crippen LogP contribution is -2.11. The van der Waals surface area contributed by atoms with Gasteiger partial charge in [-0.2, -0.15) is 9.61 Å². The van der Waals surface area contributed by atoms with Gasteiger partial charge < -0.3 is 5.73 Å². The molecule has 2 N–H and O–H groups in total. The highest BCUT2D eigenvalue weighted by Crippen LogP contribution is 2.20. The summed E-state index contributed by atoms with van der Waals surface area (Å²) < 4.78 is 2.74. The van der Waals surface area contributed by atoms with Crippen molar-refractivity contribution in [1.82, 2.24) is 19.8 Å². The van der Waals surface area contributed by atoms with Crippen LogP contribution in [0.5, 0.6) is 0 Å². The highest BCUT2D eigenvalue weighted by molar-refractivity contribution is 9.10. The van der Waals surface area contributed by atoms with Crippen LogP contribution in [0.15, 0.2) is 40.9 Å². The molecule has 1 atom stereocenters. The maximum Gasteiger partial charge on any atom is 0.178 e. The summed E-state index contributed by atoms with van der Waals surface area (Å²) in [6, 6.07) is 11.6. The minimum atomic E-state index is -0.206. The number of nitrogens with zero attached hydrogens (tertiary/aromatic N) is 4. The highest BCUT2D eigenvalue weighted by Gasteiger charge is 2.11. The van der Waals surface area contributed by atoms with Crippen LogP contribution in [0.4, 0.5) is 0 Å². The zero-order valence-electron chi connectivity index (χ0n) is 10.3. The fraction of sp³-hybridized carbons (Fsp3) is 0.154. The lowest BCUT2D eigenvalue weighted by molar-refractivity contribution is 0.696. The minimum Gasteiger partial charge on any atom is -0.321 e. The Bertz CT molecular complexity index is 717. The quantitative estimate of drug-likeness (QED) is 0.788. The molecule has 0 amide bonds. The van der Waals surface area contributed by atoms with Crippen LogP contribution < -0.4 is 5.73 Å². The van der Waals surface area contributed by atoms with Crippen molar-refractivity contribution in [3.63, 3.8) is 0 Å². The van der Waals surface area contributed by atoms with Gasteiger partial charge in [-0.3, -0.25) is 0 Å². The average molecular weight is 318 g/mol. The largest absolute Gasteiger partial charge is 0.321 e. The van der Waals surface area contributed by atoms with Crippen LogP contribution in [0.1, 0.15) is 18.8 Å². The van der Waals surface area contributed by atoms with E-state index in [0.717, 1.165) is 15.7 Å². The van der Waals surface area contributed by atoms with Crippen LogP contribution in [0.25, 0.3) is 16.9 Å². The van der Waals surface area contributed by atoms with E-state index in [1.165, 1.54) is 0 Å². The van der Waals surface area contributed by atoms with Crippen molar-refractivity contribution < 1.29 is 0 Å². The van der Waals surface area contributed by atoms with Crippen LogP contribution in [0.3, 0.4) is 0 Å². The predicted octanol–water partition coefficient (Wildman–Crippen LogP) is 2.57. The van der Waals surface area contributed by atoms with E-state index in [4.69, 9.17) is 5.73 Å². The maximum absolute atomic E-state index is 5.86. The first-order valence-corrected chi connectivity index (χ1v) is 6.68. The third-order valence-electron chi connectivity index (χ3n) is 2.83. The molecule has 0 spiro atoms. The van der Waals surface area contributed by atoms with Crippen LogP contribution in [-0.4, -0.2) is 19.8 Å². The van der Waals surface area contributed by atoms with E-state index in [1.54, 1.807) is 4.52 Å². The molecule has 2 aromatic heterocycles. The smallest absolute Gasteiger partial charge is 0.178 e. The van der Waals surface area contributed by atoms with Gasteiger partial charge in [-0.05, 0) is 31.2 Å². The SMILES string of the molecule is C[C@@H](N)c1nnc2ccc(-c3ccc(Br)cc3)nn12. The Balaban J connectivity index is 2.14. The topological polar surface area (TPSA) is 69.1 Å². The van der Waals surface area contributed by atoms with Gasteiger partial charge in [0.05, 0.1) is 11.7 Å². The lowest BCUT2D eigenvalue weighted by atomic mass is 10.1. The van der Waals surface area contributed by atoms with Gasteiger partial charge in [0, 0.05) is 10.0 Å². The monoisotopic (exact) mass is 317 g/mol.